The van der Waals surface area contributed by atoms with E-state index >= 15 is 0 Å². The van der Waals surface area contributed by atoms with Gasteiger partial charge in [-0.25, -0.2) is 0 Å². The standard InChI is InChI=1S/C20H18F3NO4S/c1-15(25)28-13-18-12-19(16-8-4-2-5-9-16,17-10-6-3-7-11-17)14-24(18)29(26,27)20(21,22)23/h2-12H,13-14H2,1H3. The number of carbonyl (C=O) groups excluding carboxylic acids is 1. The van der Waals surface area contributed by atoms with E-state index < -0.39 is 40.1 Å². The van der Waals surface area contributed by atoms with Gasteiger partial charge >= 0.3 is 21.5 Å². The molecule has 0 saturated carbocycles. The van der Waals surface area contributed by atoms with Crippen LogP contribution in [-0.4, -0.2) is 37.4 Å². The Morgan fingerprint density at radius 3 is 1.93 bits per heavy atom. The molecule has 0 radical (unpaired) electrons. The molecule has 0 fully saturated rings. The summed E-state index contributed by atoms with van der Waals surface area (Å²) in [5, 5.41) is 0. The number of sulfonamides is 1. The Labute approximate surface area is 166 Å². The maximum atomic E-state index is 13.3. The van der Waals surface area contributed by atoms with Crippen LogP contribution in [0.2, 0.25) is 0 Å². The van der Waals surface area contributed by atoms with Crippen molar-refractivity contribution in [3.8, 4) is 0 Å². The predicted octanol–water partition coefficient (Wildman–Crippen LogP) is 3.58. The van der Waals surface area contributed by atoms with Gasteiger partial charge in [0.05, 0.1) is 17.7 Å². The van der Waals surface area contributed by atoms with E-state index in [1.54, 1.807) is 60.7 Å². The first-order chi connectivity index (χ1) is 13.6. The quantitative estimate of drug-likeness (QED) is 0.687. The lowest BCUT2D eigenvalue weighted by Gasteiger charge is -2.31. The summed E-state index contributed by atoms with van der Waals surface area (Å²) in [6, 6.07) is 17.3. The van der Waals surface area contributed by atoms with Gasteiger partial charge in [0.2, 0.25) is 0 Å². The molecular formula is C20H18F3NO4S. The van der Waals surface area contributed by atoms with Gasteiger partial charge in [-0.2, -0.15) is 21.6 Å². The molecule has 0 aliphatic carbocycles. The number of hydrogen-bond acceptors (Lipinski definition) is 4. The van der Waals surface area contributed by atoms with Crippen LogP contribution in [0.4, 0.5) is 13.2 Å². The van der Waals surface area contributed by atoms with Gasteiger partial charge in [-0.3, -0.25) is 9.10 Å². The van der Waals surface area contributed by atoms with Crippen molar-refractivity contribution in [1.29, 1.82) is 0 Å². The maximum Gasteiger partial charge on any atom is 0.516 e. The van der Waals surface area contributed by atoms with E-state index in [9.17, 15) is 26.4 Å². The highest BCUT2D eigenvalue weighted by Gasteiger charge is 2.55. The van der Waals surface area contributed by atoms with Crippen molar-refractivity contribution < 1.29 is 31.1 Å². The monoisotopic (exact) mass is 425 g/mol. The number of benzene rings is 2. The third kappa shape index (κ3) is 3.87. The molecule has 29 heavy (non-hydrogen) atoms. The van der Waals surface area contributed by atoms with Crippen LogP contribution in [0.5, 0.6) is 0 Å². The number of hydrogen-bond donors (Lipinski definition) is 0. The van der Waals surface area contributed by atoms with Crippen molar-refractivity contribution in [2.24, 2.45) is 0 Å². The molecule has 0 aromatic heterocycles. The molecule has 0 unspecified atom stereocenters. The highest BCUT2D eigenvalue weighted by atomic mass is 32.2. The SMILES string of the molecule is CC(=O)OCC1=CC(c2ccccc2)(c2ccccc2)CN1S(=O)(=O)C(F)(F)F. The van der Waals surface area contributed by atoms with Crippen LogP contribution in [0.3, 0.4) is 0 Å². The topological polar surface area (TPSA) is 63.7 Å². The van der Waals surface area contributed by atoms with E-state index in [-0.39, 0.29) is 10.0 Å². The van der Waals surface area contributed by atoms with Crippen LogP contribution in [0.25, 0.3) is 0 Å². The molecule has 3 rings (SSSR count). The number of carbonyl (C=O) groups is 1. The summed E-state index contributed by atoms with van der Waals surface area (Å²) in [7, 11) is -5.69. The van der Waals surface area contributed by atoms with E-state index in [0.29, 0.717) is 11.1 Å². The number of ether oxygens (including phenoxy) is 1. The van der Waals surface area contributed by atoms with Gasteiger partial charge in [0.1, 0.15) is 6.61 Å². The third-order valence-corrected chi connectivity index (χ3v) is 6.24. The molecule has 154 valence electrons. The molecule has 0 amide bonds. The Hall–Kier alpha value is -2.81. The average Bonchev–Trinajstić information content (AvgIpc) is 3.09. The number of rotatable bonds is 5. The van der Waals surface area contributed by atoms with Crippen molar-refractivity contribution in [1.82, 2.24) is 4.31 Å². The van der Waals surface area contributed by atoms with Crippen molar-refractivity contribution in [3.05, 3.63) is 83.6 Å². The fourth-order valence-electron chi connectivity index (χ4n) is 3.37. The molecular weight excluding hydrogens is 407 g/mol. The van der Waals surface area contributed by atoms with Crippen molar-refractivity contribution in [2.45, 2.75) is 17.8 Å². The zero-order chi connectivity index (χ0) is 21.3. The van der Waals surface area contributed by atoms with Crippen molar-refractivity contribution >= 4 is 16.0 Å². The first-order valence-corrected chi connectivity index (χ1v) is 10.1. The first-order valence-electron chi connectivity index (χ1n) is 8.63. The van der Waals surface area contributed by atoms with Gasteiger partial charge < -0.3 is 4.74 Å². The van der Waals surface area contributed by atoms with Gasteiger partial charge in [-0.05, 0) is 17.2 Å². The number of halogens is 3. The smallest absolute Gasteiger partial charge is 0.459 e. The molecule has 0 atom stereocenters. The van der Waals surface area contributed by atoms with E-state index in [4.69, 9.17) is 4.74 Å². The zero-order valence-corrected chi connectivity index (χ0v) is 16.2. The Morgan fingerprint density at radius 1 is 1.03 bits per heavy atom. The van der Waals surface area contributed by atoms with Crippen LogP contribution in [0.15, 0.2) is 72.4 Å². The first kappa shape index (κ1) is 20.9. The second kappa shape index (κ2) is 7.55. The van der Waals surface area contributed by atoms with Gasteiger partial charge in [0.15, 0.2) is 0 Å². The van der Waals surface area contributed by atoms with E-state index in [1.807, 2.05) is 0 Å². The second-order valence-corrected chi connectivity index (χ2v) is 8.43. The lowest BCUT2D eigenvalue weighted by atomic mass is 9.75. The molecule has 1 aliphatic heterocycles. The predicted molar refractivity (Wildman–Crippen MR) is 100 cm³/mol. The minimum absolute atomic E-state index is 0.245. The minimum atomic E-state index is -5.69. The molecule has 2 aromatic carbocycles. The summed E-state index contributed by atoms with van der Waals surface area (Å²) in [6.07, 6.45) is 1.43. The number of alkyl halides is 3. The molecule has 0 bridgehead atoms. The largest absolute Gasteiger partial charge is 0.516 e. The molecule has 2 aromatic rings. The third-order valence-electron chi connectivity index (χ3n) is 4.71. The maximum absolute atomic E-state index is 13.3. The van der Waals surface area contributed by atoms with Crippen LogP contribution in [-0.2, 0) is 25.0 Å². The molecule has 1 aliphatic rings. The van der Waals surface area contributed by atoms with Gasteiger partial charge in [-0.1, -0.05) is 60.7 Å². The number of nitrogens with zero attached hydrogens (tertiary/aromatic N) is 1. The summed E-state index contributed by atoms with van der Waals surface area (Å²) < 4.78 is 69.7. The van der Waals surface area contributed by atoms with E-state index in [0.717, 1.165) is 6.92 Å². The van der Waals surface area contributed by atoms with Crippen molar-refractivity contribution in [2.75, 3.05) is 13.2 Å². The molecule has 0 spiro atoms. The summed E-state index contributed by atoms with van der Waals surface area (Å²) in [5.41, 5.74) is -5.68. The van der Waals surface area contributed by atoms with Gasteiger partial charge in [-0.15, -0.1) is 0 Å². The van der Waals surface area contributed by atoms with E-state index in [2.05, 4.69) is 0 Å². The Morgan fingerprint density at radius 2 is 1.52 bits per heavy atom. The Kier molecular flexibility index (Phi) is 5.44. The normalized spacial score (nSPS) is 16.4. The molecule has 5 nitrogen and oxygen atoms in total. The zero-order valence-electron chi connectivity index (χ0n) is 15.4. The highest BCUT2D eigenvalue weighted by Crippen LogP contribution is 2.44. The van der Waals surface area contributed by atoms with Gasteiger partial charge in [0, 0.05) is 6.92 Å². The summed E-state index contributed by atoms with van der Waals surface area (Å²) in [4.78, 5) is 11.2. The average molecular weight is 425 g/mol. The molecule has 9 heteroatoms. The fourth-order valence-corrected chi connectivity index (χ4v) is 4.41. The minimum Gasteiger partial charge on any atom is -0.459 e. The lowest BCUT2D eigenvalue weighted by Crippen LogP contribution is -2.43. The van der Waals surface area contributed by atoms with E-state index in [1.165, 1.54) is 6.08 Å². The summed E-state index contributed by atoms with van der Waals surface area (Å²) in [5.74, 6) is -0.729. The summed E-state index contributed by atoms with van der Waals surface area (Å²) in [6.45, 7) is 0.00524. The van der Waals surface area contributed by atoms with Crippen LogP contribution in [0, 0.1) is 0 Å². The fraction of sp³-hybridized carbons (Fsp3) is 0.250. The molecule has 0 N–H and O–H groups in total. The lowest BCUT2D eigenvalue weighted by molar-refractivity contribution is -0.140. The van der Waals surface area contributed by atoms with Crippen LogP contribution in [0.1, 0.15) is 18.1 Å². The molecule has 0 saturated heterocycles. The van der Waals surface area contributed by atoms with Crippen molar-refractivity contribution in [3.63, 3.8) is 0 Å². The van der Waals surface area contributed by atoms with Crippen LogP contribution < -0.4 is 0 Å². The number of esters is 1. The van der Waals surface area contributed by atoms with Crippen LogP contribution >= 0.6 is 0 Å². The highest BCUT2D eigenvalue weighted by molar-refractivity contribution is 7.90. The Balaban J connectivity index is 2.21. The summed E-state index contributed by atoms with van der Waals surface area (Å²) >= 11 is 0. The van der Waals surface area contributed by atoms with Gasteiger partial charge in [0.25, 0.3) is 0 Å². The molecule has 1 heterocycles. The second-order valence-electron chi connectivity index (χ2n) is 6.58. The Bertz CT molecular complexity index is 979.